The monoisotopic (exact) mass is 334 g/mol. The molecule has 0 N–H and O–H groups in total. The molecule has 0 spiro atoms. The number of ketones is 1. The first-order valence-electron chi connectivity index (χ1n) is 6.32. The molecule has 0 fully saturated rings. The molecule has 4 heteroatoms. The average molecular weight is 335 g/mol. The van der Waals surface area contributed by atoms with Gasteiger partial charge in [0.15, 0.2) is 17.3 Å². The van der Waals surface area contributed by atoms with Crippen LogP contribution in [0, 0.1) is 0 Å². The van der Waals surface area contributed by atoms with E-state index in [9.17, 15) is 4.79 Å². The van der Waals surface area contributed by atoms with Gasteiger partial charge in [-0.2, -0.15) is 0 Å². The molecule has 2 rings (SSSR count). The molecule has 0 radical (unpaired) electrons. The fraction of sp³-hybridized carbons (Fsp3) is 0.188. The predicted octanol–water partition coefficient (Wildman–Crippen LogP) is 4.84. The van der Waals surface area contributed by atoms with Gasteiger partial charge in [0.05, 0.1) is 12.2 Å². The van der Waals surface area contributed by atoms with E-state index >= 15 is 0 Å². The Hall–Kier alpha value is -1.81. The van der Waals surface area contributed by atoms with Crippen molar-refractivity contribution in [2.24, 2.45) is 0 Å². The van der Waals surface area contributed by atoms with Crippen LogP contribution in [0.15, 0.2) is 46.9 Å². The fourth-order valence-electron chi connectivity index (χ4n) is 1.80. The molecule has 0 bridgehead atoms. The Bertz CT molecular complexity index is 623. The highest BCUT2D eigenvalue weighted by Gasteiger charge is 2.12. The van der Waals surface area contributed by atoms with Crippen LogP contribution >= 0.6 is 15.9 Å². The van der Waals surface area contributed by atoms with E-state index in [2.05, 4.69) is 15.9 Å². The van der Waals surface area contributed by atoms with Crippen LogP contribution in [0.4, 0.5) is 0 Å². The number of carbonyl (C=O) groups excluding carboxylic acids is 1. The van der Waals surface area contributed by atoms with Gasteiger partial charge in [-0.3, -0.25) is 4.79 Å². The highest BCUT2D eigenvalue weighted by molar-refractivity contribution is 9.10. The zero-order valence-electron chi connectivity index (χ0n) is 11.4. The third-order valence-electron chi connectivity index (χ3n) is 2.69. The summed E-state index contributed by atoms with van der Waals surface area (Å²) in [5, 5.41) is 0. The van der Waals surface area contributed by atoms with Gasteiger partial charge in [0, 0.05) is 4.47 Å². The second-order valence-corrected chi connectivity index (χ2v) is 5.09. The van der Waals surface area contributed by atoms with Gasteiger partial charge in [-0.15, -0.1) is 0 Å². The summed E-state index contributed by atoms with van der Waals surface area (Å²) in [7, 11) is 0. The van der Waals surface area contributed by atoms with Crippen molar-refractivity contribution in [1.82, 2.24) is 0 Å². The van der Waals surface area contributed by atoms with Crippen molar-refractivity contribution in [3.05, 3.63) is 52.5 Å². The van der Waals surface area contributed by atoms with Crippen molar-refractivity contribution in [2.75, 3.05) is 6.61 Å². The fourth-order valence-corrected chi connectivity index (χ4v) is 2.14. The summed E-state index contributed by atoms with van der Waals surface area (Å²) in [4.78, 5) is 11.7. The number of benzene rings is 2. The maximum Gasteiger partial charge on any atom is 0.169 e. The van der Waals surface area contributed by atoms with Crippen LogP contribution in [-0.2, 0) is 0 Å². The van der Waals surface area contributed by atoms with Crippen molar-refractivity contribution >= 4 is 21.7 Å². The van der Waals surface area contributed by atoms with Crippen molar-refractivity contribution in [2.45, 2.75) is 13.8 Å². The molecular weight excluding hydrogens is 320 g/mol. The van der Waals surface area contributed by atoms with Crippen LogP contribution in [0.2, 0.25) is 0 Å². The van der Waals surface area contributed by atoms with E-state index < -0.39 is 0 Å². The number of rotatable bonds is 5. The number of hydrogen-bond acceptors (Lipinski definition) is 3. The standard InChI is InChI=1S/C16H15BrO3/c1-3-19-14-6-4-5-7-15(14)20-16-10-12(17)8-9-13(16)11(2)18/h4-10H,3H2,1-2H3. The van der Waals surface area contributed by atoms with Gasteiger partial charge in [-0.05, 0) is 44.2 Å². The number of para-hydroxylation sites is 2. The minimum atomic E-state index is -0.0404. The molecule has 0 saturated carbocycles. The molecule has 20 heavy (non-hydrogen) atoms. The Labute approximate surface area is 126 Å². The Morgan fingerprint density at radius 1 is 1.10 bits per heavy atom. The van der Waals surface area contributed by atoms with Crippen LogP contribution in [0.3, 0.4) is 0 Å². The molecule has 2 aromatic carbocycles. The van der Waals surface area contributed by atoms with E-state index in [4.69, 9.17) is 9.47 Å². The highest BCUT2D eigenvalue weighted by Crippen LogP contribution is 2.34. The Balaban J connectivity index is 2.39. The van der Waals surface area contributed by atoms with Gasteiger partial charge in [0.1, 0.15) is 5.75 Å². The SMILES string of the molecule is CCOc1ccccc1Oc1cc(Br)ccc1C(C)=O. The van der Waals surface area contributed by atoms with Gasteiger partial charge < -0.3 is 9.47 Å². The summed E-state index contributed by atoms with van der Waals surface area (Å²) in [6.45, 7) is 3.99. The van der Waals surface area contributed by atoms with Gasteiger partial charge in [-0.25, -0.2) is 0 Å². The first-order chi connectivity index (χ1) is 9.61. The van der Waals surface area contributed by atoms with Crippen LogP contribution in [0.5, 0.6) is 17.2 Å². The van der Waals surface area contributed by atoms with E-state index in [1.54, 1.807) is 12.1 Å². The zero-order chi connectivity index (χ0) is 14.5. The lowest BCUT2D eigenvalue weighted by Gasteiger charge is -2.13. The van der Waals surface area contributed by atoms with E-state index in [1.165, 1.54) is 6.92 Å². The molecule has 104 valence electrons. The van der Waals surface area contributed by atoms with Crippen LogP contribution < -0.4 is 9.47 Å². The van der Waals surface area contributed by atoms with Crippen molar-refractivity contribution in [3.8, 4) is 17.2 Å². The Kier molecular flexibility index (Phi) is 4.79. The molecule has 0 heterocycles. The second-order valence-electron chi connectivity index (χ2n) is 4.18. The summed E-state index contributed by atoms with van der Waals surface area (Å²) < 4.78 is 12.2. The molecule has 3 nitrogen and oxygen atoms in total. The van der Waals surface area contributed by atoms with Crippen molar-refractivity contribution < 1.29 is 14.3 Å². The minimum absolute atomic E-state index is 0.0404. The molecule has 0 aliphatic heterocycles. The third kappa shape index (κ3) is 3.39. The zero-order valence-corrected chi connectivity index (χ0v) is 12.9. The van der Waals surface area contributed by atoms with Gasteiger partial charge in [-0.1, -0.05) is 28.1 Å². The lowest BCUT2D eigenvalue weighted by molar-refractivity contribution is 0.101. The maximum atomic E-state index is 11.7. The van der Waals surface area contributed by atoms with Gasteiger partial charge in [0.2, 0.25) is 0 Å². The normalized spacial score (nSPS) is 10.2. The van der Waals surface area contributed by atoms with E-state index in [0.717, 1.165) is 4.47 Å². The largest absolute Gasteiger partial charge is 0.490 e. The van der Waals surface area contributed by atoms with E-state index in [1.807, 2.05) is 37.3 Å². The number of halogens is 1. The second kappa shape index (κ2) is 6.57. The van der Waals surface area contributed by atoms with Gasteiger partial charge in [0.25, 0.3) is 0 Å². The summed E-state index contributed by atoms with van der Waals surface area (Å²) in [5.74, 6) is 1.72. The summed E-state index contributed by atoms with van der Waals surface area (Å²) >= 11 is 3.39. The van der Waals surface area contributed by atoms with E-state index in [-0.39, 0.29) is 5.78 Å². The molecule has 0 unspecified atom stereocenters. The Morgan fingerprint density at radius 2 is 1.80 bits per heavy atom. The summed E-state index contributed by atoms with van der Waals surface area (Å²) in [6.07, 6.45) is 0. The molecule has 0 aliphatic rings. The van der Waals surface area contributed by atoms with Crippen molar-refractivity contribution in [3.63, 3.8) is 0 Å². The maximum absolute atomic E-state index is 11.7. The minimum Gasteiger partial charge on any atom is -0.490 e. The van der Waals surface area contributed by atoms with Crippen LogP contribution in [-0.4, -0.2) is 12.4 Å². The molecule has 2 aromatic rings. The number of Topliss-reactive ketones (excluding diaryl/α,β-unsaturated/α-hetero) is 1. The quantitative estimate of drug-likeness (QED) is 0.733. The lowest BCUT2D eigenvalue weighted by atomic mass is 10.1. The first kappa shape index (κ1) is 14.6. The summed E-state index contributed by atoms with van der Waals surface area (Å²) in [6, 6.07) is 12.7. The highest BCUT2D eigenvalue weighted by atomic mass is 79.9. The summed E-state index contributed by atoms with van der Waals surface area (Å²) in [5.41, 5.74) is 0.541. The third-order valence-corrected chi connectivity index (χ3v) is 3.19. The number of ether oxygens (including phenoxy) is 2. The van der Waals surface area contributed by atoms with E-state index in [0.29, 0.717) is 29.4 Å². The topological polar surface area (TPSA) is 35.5 Å². The number of carbonyl (C=O) groups is 1. The molecule has 0 aliphatic carbocycles. The molecule has 0 atom stereocenters. The molecule has 0 saturated heterocycles. The predicted molar refractivity (Wildman–Crippen MR) is 81.8 cm³/mol. The van der Waals surface area contributed by atoms with Crippen LogP contribution in [0.1, 0.15) is 24.2 Å². The smallest absolute Gasteiger partial charge is 0.169 e. The van der Waals surface area contributed by atoms with Crippen molar-refractivity contribution in [1.29, 1.82) is 0 Å². The molecule has 0 amide bonds. The molecule has 0 aromatic heterocycles. The van der Waals surface area contributed by atoms with Gasteiger partial charge >= 0.3 is 0 Å². The van der Waals surface area contributed by atoms with Crippen LogP contribution in [0.25, 0.3) is 0 Å². The molecular formula is C16H15BrO3. The number of hydrogen-bond donors (Lipinski definition) is 0. The lowest BCUT2D eigenvalue weighted by Crippen LogP contribution is -1.99. The average Bonchev–Trinajstić information content (AvgIpc) is 2.41. The Morgan fingerprint density at radius 3 is 2.45 bits per heavy atom. The first-order valence-corrected chi connectivity index (χ1v) is 7.11.